The molecule has 0 spiro atoms. The Labute approximate surface area is 201 Å². The van der Waals surface area contributed by atoms with Crippen LogP contribution in [0.3, 0.4) is 0 Å². The molecule has 3 rings (SSSR count). The molecule has 2 unspecified atom stereocenters. The summed E-state index contributed by atoms with van der Waals surface area (Å²) < 4.78 is 11.5. The molecule has 1 saturated heterocycles. The van der Waals surface area contributed by atoms with Crippen molar-refractivity contribution in [3.63, 3.8) is 0 Å². The van der Waals surface area contributed by atoms with Gasteiger partial charge in [-0.15, -0.1) is 0 Å². The van der Waals surface area contributed by atoms with Crippen LogP contribution in [0.25, 0.3) is 11.1 Å². The number of hydrogen-bond donors (Lipinski definition) is 0. The summed E-state index contributed by atoms with van der Waals surface area (Å²) in [4.78, 5) is 17.3. The van der Waals surface area contributed by atoms with Crippen LogP contribution in [0.15, 0.2) is 42.5 Å². The summed E-state index contributed by atoms with van der Waals surface area (Å²) in [6.07, 6.45) is -0.207. The van der Waals surface area contributed by atoms with Gasteiger partial charge in [-0.3, -0.25) is 0 Å². The van der Waals surface area contributed by atoms with Gasteiger partial charge in [0.05, 0.1) is 13.2 Å². The Balaban J connectivity index is 1.71. The third-order valence-corrected chi connectivity index (χ3v) is 7.01. The maximum absolute atomic E-state index is 12.9. The number of hydrogen-bond acceptors (Lipinski definition) is 6. The molecule has 33 heavy (non-hydrogen) atoms. The summed E-state index contributed by atoms with van der Waals surface area (Å²) in [7, 11) is 5.61. The van der Waals surface area contributed by atoms with Crippen LogP contribution in [0, 0.1) is 39.5 Å². The van der Waals surface area contributed by atoms with Crippen molar-refractivity contribution in [2.45, 2.75) is 25.2 Å². The van der Waals surface area contributed by atoms with Crippen LogP contribution in [-0.4, -0.2) is 42.4 Å². The Morgan fingerprint density at radius 2 is 1.94 bits per heavy atom. The van der Waals surface area contributed by atoms with Crippen LogP contribution >= 0.6 is 20.5 Å². The van der Waals surface area contributed by atoms with Gasteiger partial charge < -0.3 is 4.74 Å². The topological polar surface area (TPSA) is 86.3 Å². The molecule has 0 aromatic heterocycles. The first-order valence-corrected chi connectivity index (χ1v) is 11.8. The molecule has 0 N–H and O–H groups in total. The Hall–Kier alpha value is -2.95. The average molecular weight is 478 g/mol. The summed E-state index contributed by atoms with van der Waals surface area (Å²) in [6.45, 7) is 4.73. The zero-order valence-electron chi connectivity index (χ0n) is 18.7. The fourth-order valence-electron chi connectivity index (χ4n) is 3.77. The molecule has 2 atom stereocenters. The van der Waals surface area contributed by atoms with Crippen molar-refractivity contribution in [3.8, 4) is 39.7 Å². The van der Waals surface area contributed by atoms with E-state index in [0.717, 1.165) is 11.1 Å². The predicted octanol–water partition coefficient (Wildman–Crippen LogP) is 5.05. The fourth-order valence-corrected chi connectivity index (χ4v) is 4.84. The van der Waals surface area contributed by atoms with Crippen molar-refractivity contribution >= 4 is 26.4 Å². The van der Waals surface area contributed by atoms with Crippen molar-refractivity contribution in [2.75, 3.05) is 20.2 Å². The van der Waals surface area contributed by atoms with Crippen molar-refractivity contribution in [3.05, 3.63) is 48.0 Å². The zero-order chi connectivity index (χ0) is 24.0. The molecule has 1 aliphatic heterocycles. The number of nitriles is 2. The van der Waals surface area contributed by atoms with Crippen LogP contribution in [0.5, 0.6) is 11.5 Å². The van der Waals surface area contributed by atoms with Crippen molar-refractivity contribution in [1.29, 1.82) is 10.5 Å². The molecule has 0 bridgehead atoms. The number of amides is 1. The van der Waals surface area contributed by atoms with Gasteiger partial charge in [-0.25, -0.2) is 0 Å². The van der Waals surface area contributed by atoms with Crippen LogP contribution < -0.4 is 9.47 Å². The van der Waals surface area contributed by atoms with E-state index in [1.807, 2.05) is 44.2 Å². The molecular weight excluding hydrogens is 453 g/mol. The van der Waals surface area contributed by atoms with E-state index in [4.69, 9.17) is 9.47 Å². The van der Waals surface area contributed by atoms with Gasteiger partial charge in [0.15, 0.2) is 0 Å². The summed E-state index contributed by atoms with van der Waals surface area (Å²) in [5.41, 5.74) is 2.15. The summed E-state index contributed by atoms with van der Waals surface area (Å²) in [6, 6.07) is 17.3. The minimum absolute atomic E-state index is 0.124. The number of benzene rings is 2. The number of carbonyl (C=O) groups excluding carboxylic acids is 1. The summed E-state index contributed by atoms with van der Waals surface area (Å²) in [5.74, 6) is 0.412. The second-order valence-corrected chi connectivity index (χ2v) is 9.58. The molecule has 8 heteroatoms. The molecule has 2 aromatic carbocycles. The molecule has 2 aromatic rings. The standard InChI is InChI=1S/C25H24N3O3PS/c1-16(2)24(33-15-32)22(12-27)25(29)28-13-20(14-28)31-19-9-17(11-26)8-18(10-19)21-6-4-5-7-23(21)30-3/h4-10,16,20,22,24H,13-14H2,1-3H3. The van der Waals surface area contributed by atoms with Gasteiger partial charge in [0, 0.05) is 5.56 Å². The first kappa shape index (κ1) is 24.7. The SMILES string of the molecule is COc1ccccc1-c1cc(C#N)cc(OC2CN(C(=O)C(C#N)C(SC#P)C(C)C)C2)c1. The Kier molecular flexibility index (Phi) is 8.43. The van der Waals surface area contributed by atoms with Gasteiger partial charge in [0.1, 0.15) is 5.75 Å². The van der Waals surface area contributed by atoms with E-state index < -0.39 is 5.92 Å². The van der Waals surface area contributed by atoms with Crippen LogP contribution in [0.2, 0.25) is 0 Å². The van der Waals surface area contributed by atoms with Gasteiger partial charge in [0.2, 0.25) is 0 Å². The maximum atomic E-state index is 12.9. The van der Waals surface area contributed by atoms with Crippen molar-refractivity contribution < 1.29 is 14.3 Å². The summed E-state index contributed by atoms with van der Waals surface area (Å²) in [5, 5.41) is 18.9. The normalized spacial score (nSPS) is 14.9. The molecular formula is C25H24N3O3PS. The molecule has 168 valence electrons. The third kappa shape index (κ3) is 5.70. The zero-order valence-corrected chi connectivity index (χ0v) is 20.4. The van der Waals surface area contributed by atoms with Gasteiger partial charge in [0.25, 0.3) is 0 Å². The molecule has 0 aliphatic carbocycles. The van der Waals surface area contributed by atoms with Crippen LogP contribution in [0.4, 0.5) is 0 Å². The molecule has 1 amide bonds. The molecule has 1 aliphatic rings. The minimum atomic E-state index is -0.769. The fraction of sp³-hybridized carbons (Fsp3) is 0.360. The Bertz CT molecular complexity index is 1140. The third-order valence-electron chi connectivity index (χ3n) is 5.50. The number of rotatable bonds is 8. The van der Waals surface area contributed by atoms with Crippen molar-refractivity contribution in [1.82, 2.24) is 4.90 Å². The van der Waals surface area contributed by atoms with E-state index in [2.05, 4.69) is 25.8 Å². The van der Waals surface area contributed by atoms with Crippen LogP contribution in [-0.2, 0) is 4.79 Å². The molecule has 6 nitrogen and oxygen atoms in total. The Morgan fingerprint density at radius 3 is 2.55 bits per heavy atom. The number of carbonyl (C=O) groups is 1. The molecule has 0 saturated carbocycles. The van der Waals surface area contributed by atoms with E-state index in [1.54, 1.807) is 24.1 Å². The second-order valence-electron chi connectivity index (χ2n) is 8.07. The van der Waals surface area contributed by atoms with E-state index in [0.29, 0.717) is 30.2 Å². The van der Waals surface area contributed by atoms with Gasteiger partial charge >= 0.3 is 136 Å². The van der Waals surface area contributed by atoms with E-state index >= 15 is 0 Å². The van der Waals surface area contributed by atoms with Gasteiger partial charge in [-0.05, 0) is 12.1 Å². The predicted molar refractivity (Wildman–Crippen MR) is 130 cm³/mol. The average Bonchev–Trinajstić information content (AvgIpc) is 2.80. The van der Waals surface area contributed by atoms with E-state index in [9.17, 15) is 15.3 Å². The number of para-hydroxylation sites is 1. The Morgan fingerprint density at radius 1 is 1.21 bits per heavy atom. The quantitative estimate of drug-likeness (QED) is 0.495. The number of methoxy groups -OCH3 is 1. The van der Waals surface area contributed by atoms with Gasteiger partial charge in [-0.2, -0.15) is 5.26 Å². The molecule has 0 radical (unpaired) electrons. The second kappa shape index (κ2) is 11.3. The number of nitrogens with zero attached hydrogens (tertiary/aromatic N) is 3. The van der Waals surface area contributed by atoms with E-state index in [1.165, 1.54) is 11.8 Å². The van der Waals surface area contributed by atoms with Crippen molar-refractivity contribution in [2.24, 2.45) is 11.8 Å². The first-order chi connectivity index (χ1) is 15.9. The van der Waals surface area contributed by atoms with E-state index in [-0.39, 0.29) is 23.2 Å². The number of ether oxygens (including phenoxy) is 2. The summed E-state index contributed by atoms with van der Waals surface area (Å²) >= 11 is 1.28. The molecule has 1 fully saturated rings. The monoisotopic (exact) mass is 477 g/mol. The van der Waals surface area contributed by atoms with Crippen LogP contribution in [0.1, 0.15) is 19.4 Å². The molecule has 1 heterocycles. The first-order valence-electron chi connectivity index (χ1n) is 10.5. The number of likely N-dealkylation sites (tertiary alicyclic amines) is 1. The number of thioether (sulfide) groups is 1. The van der Waals surface area contributed by atoms with Gasteiger partial charge in [-0.1, -0.05) is 18.2 Å².